The van der Waals surface area contributed by atoms with Gasteiger partial charge in [0, 0.05) is 38.8 Å². The summed E-state index contributed by atoms with van der Waals surface area (Å²) in [5.41, 5.74) is 1.11. The Morgan fingerprint density at radius 3 is 2.24 bits per heavy atom. The van der Waals surface area contributed by atoms with Crippen LogP contribution in [0, 0.1) is 5.92 Å². The predicted molar refractivity (Wildman–Crippen MR) is 129 cm³/mol. The van der Waals surface area contributed by atoms with Gasteiger partial charge in [-0.25, -0.2) is 4.99 Å². The lowest BCUT2D eigenvalue weighted by Gasteiger charge is -2.13. The first kappa shape index (κ1) is 27.5. The van der Waals surface area contributed by atoms with Crippen molar-refractivity contribution in [2.75, 3.05) is 40.0 Å². The lowest BCUT2D eigenvalue weighted by Crippen LogP contribution is -2.39. The van der Waals surface area contributed by atoms with Crippen molar-refractivity contribution in [1.29, 1.82) is 0 Å². The number of halogens is 1. The fourth-order valence-corrected chi connectivity index (χ4v) is 2.31. The second-order valence-corrected chi connectivity index (χ2v) is 6.72. The number of nitrogens with zero attached hydrogens (tertiary/aromatic N) is 1. The first-order chi connectivity index (χ1) is 13.6. The number of benzene rings is 1. The topological polar surface area (TPSA) is 84.0 Å². The largest absolute Gasteiger partial charge is 0.497 e. The van der Waals surface area contributed by atoms with E-state index in [1.54, 1.807) is 7.11 Å². The minimum Gasteiger partial charge on any atom is -0.497 e. The summed E-state index contributed by atoms with van der Waals surface area (Å²) in [4.78, 5) is 16.2. The average molecular weight is 520 g/mol. The van der Waals surface area contributed by atoms with E-state index in [9.17, 15) is 4.79 Å². The van der Waals surface area contributed by atoms with Crippen molar-refractivity contribution < 1.29 is 14.3 Å². The number of carbonyl (C=O) groups is 1. The standard InChI is InChI=1S/C21H36N4O3.HI/c1-5-28-15-7-14-24-21(23-13-6-12-22-20(26)17(2)3)25-16-18-8-10-19(27-4)11-9-18;/h8-11,17H,5-7,12-16H2,1-4H3,(H,22,26)(H2,23,24,25);1H. The highest BCUT2D eigenvalue weighted by Gasteiger charge is 2.05. The SMILES string of the molecule is CCOCCCNC(=NCc1ccc(OC)cc1)NCCCNC(=O)C(C)C.I. The van der Waals surface area contributed by atoms with Crippen LogP contribution in [0.4, 0.5) is 0 Å². The number of nitrogens with one attached hydrogen (secondary N) is 3. The maximum absolute atomic E-state index is 11.6. The molecule has 0 bridgehead atoms. The molecule has 1 rings (SSSR count). The van der Waals surface area contributed by atoms with Crippen LogP contribution in [-0.2, 0) is 16.1 Å². The normalized spacial score (nSPS) is 11.0. The highest BCUT2D eigenvalue weighted by atomic mass is 127. The number of amides is 1. The number of carbonyl (C=O) groups excluding carboxylic acids is 1. The van der Waals surface area contributed by atoms with Gasteiger partial charge in [0.15, 0.2) is 5.96 Å². The number of rotatable bonds is 13. The third kappa shape index (κ3) is 13.3. The minimum absolute atomic E-state index is 0. The van der Waals surface area contributed by atoms with Crippen molar-refractivity contribution in [3.63, 3.8) is 0 Å². The number of aliphatic imine (C=N–C) groups is 1. The molecule has 0 aliphatic rings. The fourth-order valence-electron chi connectivity index (χ4n) is 2.31. The Hall–Kier alpha value is -1.55. The molecule has 0 heterocycles. The number of guanidine groups is 1. The molecule has 0 aliphatic carbocycles. The Labute approximate surface area is 192 Å². The summed E-state index contributed by atoms with van der Waals surface area (Å²) in [6.45, 7) is 10.0. The molecule has 29 heavy (non-hydrogen) atoms. The molecule has 0 fully saturated rings. The zero-order valence-corrected chi connectivity index (χ0v) is 20.5. The van der Waals surface area contributed by atoms with Crippen LogP contribution < -0.4 is 20.7 Å². The van der Waals surface area contributed by atoms with Crippen molar-refractivity contribution in [2.45, 2.75) is 40.2 Å². The van der Waals surface area contributed by atoms with Gasteiger partial charge in [0.05, 0.1) is 13.7 Å². The smallest absolute Gasteiger partial charge is 0.222 e. The fraction of sp³-hybridized carbons (Fsp3) is 0.619. The van der Waals surface area contributed by atoms with Gasteiger partial charge in [0.25, 0.3) is 0 Å². The van der Waals surface area contributed by atoms with Crippen molar-refractivity contribution >= 4 is 35.8 Å². The van der Waals surface area contributed by atoms with E-state index in [1.165, 1.54) is 0 Å². The summed E-state index contributed by atoms with van der Waals surface area (Å²) in [6.07, 6.45) is 1.75. The summed E-state index contributed by atoms with van der Waals surface area (Å²) in [7, 11) is 1.66. The highest BCUT2D eigenvalue weighted by Crippen LogP contribution is 2.11. The van der Waals surface area contributed by atoms with E-state index in [1.807, 2.05) is 45.0 Å². The Morgan fingerprint density at radius 2 is 1.66 bits per heavy atom. The van der Waals surface area contributed by atoms with Gasteiger partial charge in [-0.1, -0.05) is 26.0 Å². The van der Waals surface area contributed by atoms with Crippen molar-refractivity contribution in [3.8, 4) is 5.75 Å². The predicted octanol–water partition coefficient (Wildman–Crippen LogP) is 2.94. The van der Waals surface area contributed by atoms with E-state index < -0.39 is 0 Å². The Morgan fingerprint density at radius 1 is 1.03 bits per heavy atom. The first-order valence-corrected chi connectivity index (χ1v) is 10.1. The van der Waals surface area contributed by atoms with Gasteiger partial charge in [0.2, 0.25) is 5.91 Å². The molecule has 0 aromatic heterocycles. The maximum atomic E-state index is 11.6. The molecule has 0 aliphatic heterocycles. The summed E-state index contributed by atoms with van der Waals surface area (Å²) in [5.74, 6) is 1.70. The van der Waals surface area contributed by atoms with Crippen LogP contribution in [0.25, 0.3) is 0 Å². The maximum Gasteiger partial charge on any atom is 0.222 e. The Bertz CT molecular complexity index is 580. The Balaban J connectivity index is 0.00000784. The summed E-state index contributed by atoms with van der Waals surface area (Å²) < 4.78 is 10.6. The van der Waals surface area contributed by atoms with Gasteiger partial charge in [-0.3, -0.25) is 4.79 Å². The third-order valence-electron chi connectivity index (χ3n) is 4.01. The van der Waals surface area contributed by atoms with Crippen molar-refractivity contribution in [3.05, 3.63) is 29.8 Å². The monoisotopic (exact) mass is 520 g/mol. The van der Waals surface area contributed by atoms with E-state index in [-0.39, 0.29) is 35.8 Å². The van der Waals surface area contributed by atoms with Gasteiger partial charge in [-0.05, 0) is 37.5 Å². The van der Waals surface area contributed by atoms with Gasteiger partial charge in [0.1, 0.15) is 5.75 Å². The Kier molecular flexibility index (Phi) is 16.4. The summed E-state index contributed by atoms with van der Waals surface area (Å²) in [5, 5.41) is 9.59. The van der Waals surface area contributed by atoms with Gasteiger partial charge < -0.3 is 25.4 Å². The van der Waals surface area contributed by atoms with Gasteiger partial charge in [-0.2, -0.15) is 0 Å². The lowest BCUT2D eigenvalue weighted by atomic mass is 10.2. The van der Waals surface area contributed by atoms with Crippen LogP contribution in [0.2, 0.25) is 0 Å². The van der Waals surface area contributed by atoms with Crippen molar-refractivity contribution in [1.82, 2.24) is 16.0 Å². The summed E-state index contributed by atoms with van der Waals surface area (Å²) in [6, 6.07) is 7.89. The molecule has 3 N–H and O–H groups in total. The summed E-state index contributed by atoms with van der Waals surface area (Å²) >= 11 is 0. The molecule has 166 valence electrons. The van der Waals surface area contributed by atoms with E-state index in [4.69, 9.17) is 9.47 Å². The van der Waals surface area contributed by atoms with Crippen LogP contribution in [0.15, 0.2) is 29.3 Å². The molecule has 7 nitrogen and oxygen atoms in total. The molecule has 0 radical (unpaired) electrons. The third-order valence-corrected chi connectivity index (χ3v) is 4.01. The molecule has 1 amide bonds. The number of ether oxygens (including phenoxy) is 2. The van der Waals surface area contributed by atoms with Gasteiger partial charge in [-0.15, -0.1) is 24.0 Å². The zero-order chi connectivity index (χ0) is 20.6. The molecule has 0 unspecified atom stereocenters. The van der Waals surface area contributed by atoms with Crippen molar-refractivity contribution in [2.24, 2.45) is 10.9 Å². The molecule has 8 heteroatoms. The number of hydrogen-bond acceptors (Lipinski definition) is 4. The molecule has 0 saturated heterocycles. The lowest BCUT2D eigenvalue weighted by molar-refractivity contribution is -0.123. The molecular formula is C21H37IN4O3. The molecule has 0 spiro atoms. The molecule has 0 saturated carbocycles. The van der Waals surface area contributed by atoms with Crippen LogP contribution >= 0.6 is 24.0 Å². The van der Waals surface area contributed by atoms with E-state index in [0.717, 1.165) is 56.4 Å². The number of methoxy groups -OCH3 is 1. The first-order valence-electron chi connectivity index (χ1n) is 10.1. The van der Waals surface area contributed by atoms with Crippen LogP contribution in [0.1, 0.15) is 39.2 Å². The minimum atomic E-state index is 0. The second-order valence-electron chi connectivity index (χ2n) is 6.72. The number of hydrogen-bond donors (Lipinski definition) is 3. The quantitative estimate of drug-likeness (QED) is 0.161. The van der Waals surface area contributed by atoms with Crippen LogP contribution in [0.5, 0.6) is 5.75 Å². The average Bonchev–Trinajstić information content (AvgIpc) is 2.71. The molecular weight excluding hydrogens is 483 g/mol. The highest BCUT2D eigenvalue weighted by molar-refractivity contribution is 14.0. The molecule has 1 aromatic rings. The molecule has 0 atom stereocenters. The van der Waals surface area contributed by atoms with Crippen LogP contribution in [0.3, 0.4) is 0 Å². The van der Waals surface area contributed by atoms with E-state index in [0.29, 0.717) is 13.1 Å². The van der Waals surface area contributed by atoms with Crippen LogP contribution in [-0.4, -0.2) is 51.8 Å². The van der Waals surface area contributed by atoms with Gasteiger partial charge >= 0.3 is 0 Å². The molecule has 1 aromatic carbocycles. The second kappa shape index (κ2) is 17.3. The zero-order valence-electron chi connectivity index (χ0n) is 18.1. The van der Waals surface area contributed by atoms with E-state index in [2.05, 4.69) is 20.9 Å². The van der Waals surface area contributed by atoms with E-state index >= 15 is 0 Å².